The molecule has 1 N–H and O–H groups in total. The third-order valence-corrected chi connectivity index (χ3v) is 9.07. The van der Waals surface area contributed by atoms with Crippen LogP contribution in [0.2, 0.25) is 0 Å². The first kappa shape index (κ1) is 31.0. The Morgan fingerprint density at radius 2 is 1.91 bits per heavy atom. The molecule has 10 nitrogen and oxygen atoms in total. The molecule has 1 aliphatic heterocycles. The highest BCUT2D eigenvalue weighted by molar-refractivity contribution is 7.13. The van der Waals surface area contributed by atoms with Gasteiger partial charge in [0.15, 0.2) is 5.01 Å². The van der Waals surface area contributed by atoms with E-state index in [2.05, 4.69) is 20.2 Å². The van der Waals surface area contributed by atoms with Crippen LogP contribution in [-0.4, -0.2) is 61.0 Å². The zero-order valence-electron chi connectivity index (χ0n) is 24.6. The number of halogens is 4. The minimum Gasteiger partial charge on any atom is -0.478 e. The maximum Gasteiger partial charge on any atom is 0.335 e. The molecule has 5 aromatic rings. The maximum absolute atomic E-state index is 15.5. The molecule has 1 unspecified atom stereocenters. The second-order valence-electron chi connectivity index (χ2n) is 11.4. The lowest BCUT2D eigenvalue weighted by atomic mass is 9.83. The van der Waals surface area contributed by atoms with Gasteiger partial charge in [-0.2, -0.15) is 0 Å². The number of carboxylic acids is 1. The molecule has 2 aromatic carbocycles. The zero-order valence-corrected chi connectivity index (χ0v) is 25.4. The van der Waals surface area contributed by atoms with E-state index in [1.807, 2.05) is 4.57 Å². The number of ether oxygens (including phenoxy) is 3. The Morgan fingerprint density at radius 3 is 2.66 bits per heavy atom. The van der Waals surface area contributed by atoms with Crippen LogP contribution in [0, 0.1) is 17.6 Å². The van der Waals surface area contributed by atoms with Gasteiger partial charge in [-0.3, -0.25) is 0 Å². The fourth-order valence-electron chi connectivity index (χ4n) is 5.54. The Hall–Kier alpha value is -4.63. The minimum absolute atomic E-state index is 0.0154. The minimum atomic E-state index is -2.36. The van der Waals surface area contributed by atoms with Crippen LogP contribution in [0.5, 0.6) is 11.1 Å². The summed E-state index contributed by atoms with van der Waals surface area (Å²) in [6.45, 7) is 1.01. The molecule has 0 amide bonds. The second kappa shape index (κ2) is 12.9. The molecule has 15 heteroatoms. The van der Waals surface area contributed by atoms with E-state index in [1.54, 1.807) is 18.2 Å². The molecule has 2 aliphatic rings. The molecule has 1 saturated carbocycles. The van der Waals surface area contributed by atoms with Crippen molar-refractivity contribution in [3.63, 3.8) is 0 Å². The number of carbonyl (C=O) groups is 1. The number of imidazole rings is 1. The van der Waals surface area contributed by atoms with E-state index in [0.717, 1.165) is 29.9 Å². The van der Waals surface area contributed by atoms with Gasteiger partial charge in [-0.15, -0.1) is 5.10 Å². The van der Waals surface area contributed by atoms with Crippen molar-refractivity contribution in [3.8, 4) is 22.3 Å². The highest BCUT2D eigenvalue weighted by Gasteiger charge is 2.37. The van der Waals surface area contributed by atoms with Crippen molar-refractivity contribution in [1.82, 2.24) is 24.7 Å². The highest BCUT2D eigenvalue weighted by atomic mass is 32.1. The van der Waals surface area contributed by atoms with Crippen LogP contribution in [0.1, 0.15) is 46.0 Å². The largest absolute Gasteiger partial charge is 0.478 e. The SMILES string of the molecule is O=C(O)c1ccc2nc(Cc3cc(F)c(-c4cccc(OCc5nnc(OC6CC(C(F)F)C6)s5)n4)cc3F)n(CC3CCO3)c2c1. The summed E-state index contributed by atoms with van der Waals surface area (Å²) < 4.78 is 75.1. The number of nitrogens with zero attached hydrogens (tertiary/aromatic N) is 5. The smallest absolute Gasteiger partial charge is 0.335 e. The zero-order chi connectivity index (χ0) is 32.7. The average Bonchev–Trinajstić information content (AvgIpc) is 3.60. The van der Waals surface area contributed by atoms with Crippen molar-refractivity contribution in [2.75, 3.05) is 6.61 Å². The molecule has 244 valence electrons. The molecule has 1 atom stereocenters. The fourth-order valence-corrected chi connectivity index (χ4v) is 6.21. The van der Waals surface area contributed by atoms with Crippen LogP contribution in [0.3, 0.4) is 0 Å². The second-order valence-corrected chi connectivity index (χ2v) is 12.5. The van der Waals surface area contributed by atoms with Crippen molar-refractivity contribution >= 4 is 28.3 Å². The molecule has 1 saturated heterocycles. The number of benzene rings is 2. The van der Waals surface area contributed by atoms with Crippen LogP contribution in [0.25, 0.3) is 22.3 Å². The van der Waals surface area contributed by atoms with Gasteiger partial charge in [0.25, 0.3) is 5.19 Å². The summed E-state index contributed by atoms with van der Waals surface area (Å²) in [5.41, 5.74) is 1.38. The molecule has 3 aromatic heterocycles. The highest BCUT2D eigenvalue weighted by Crippen LogP contribution is 2.36. The van der Waals surface area contributed by atoms with Crippen LogP contribution in [-0.2, 0) is 24.3 Å². The van der Waals surface area contributed by atoms with Gasteiger partial charge in [-0.25, -0.2) is 32.3 Å². The molecule has 1 aliphatic carbocycles. The predicted octanol–water partition coefficient (Wildman–Crippen LogP) is 6.31. The van der Waals surface area contributed by atoms with Gasteiger partial charge in [-0.1, -0.05) is 22.5 Å². The Labute approximate surface area is 269 Å². The van der Waals surface area contributed by atoms with E-state index in [4.69, 9.17) is 14.2 Å². The quantitative estimate of drug-likeness (QED) is 0.152. The van der Waals surface area contributed by atoms with Crippen molar-refractivity contribution < 1.29 is 41.7 Å². The lowest BCUT2D eigenvalue weighted by Gasteiger charge is -2.33. The number of fused-ring (bicyclic) bond motifs is 1. The Balaban J connectivity index is 1.05. The summed E-state index contributed by atoms with van der Waals surface area (Å²) in [4.78, 5) is 20.5. The summed E-state index contributed by atoms with van der Waals surface area (Å²) >= 11 is 1.12. The van der Waals surface area contributed by atoms with E-state index in [9.17, 15) is 18.7 Å². The molecular weight excluding hydrogens is 642 g/mol. The first-order chi connectivity index (χ1) is 22.7. The standard InChI is InChI=1S/C32H27F4N5O5S/c33-22-13-21(24-2-1-3-28(38-24)45-15-29-39-40-32(47-29)46-20-8-18(9-20)30(35)36)23(34)10-17(22)12-27-37-25-5-4-16(31(42)43)11-26(25)41(27)14-19-6-7-44-19/h1-5,10-11,13,18-20,30H,6-9,12,14-15H2,(H,42,43). The number of carboxylic acid groups (broad SMARTS) is 1. The van der Waals surface area contributed by atoms with Crippen molar-refractivity contribution in [2.45, 2.75) is 57.5 Å². The van der Waals surface area contributed by atoms with Crippen LogP contribution >= 0.6 is 11.3 Å². The van der Waals surface area contributed by atoms with Crippen molar-refractivity contribution in [3.05, 3.63) is 82.1 Å². The fraction of sp³-hybridized carbons (Fsp3) is 0.344. The van der Waals surface area contributed by atoms with Crippen molar-refractivity contribution in [1.29, 1.82) is 0 Å². The topological polar surface area (TPSA) is 121 Å². The third-order valence-electron chi connectivity index (χ3n) is 8.28. The number of alkyl halides is 2. The summed E-state index contributed by atoms with van der Waals surface area (Å²) in [6.07, 6.45) is -1.42. The van der Waals surface area contributed by atoms with E-state index < -0.39 is 29.9 Å². The van der Waals surface area contributed by atoms with E-state index in [-0.39, 0.29) is 71.5 Å². The molecule has 47 heavy (non-hydrogen) atoms. The van der Waals surface area contributed by atoms with E-state index >= 15 is 8.78 Å². The summed E-state index contributed by atoms with van der Waals surface area (Å²) in [5.74, 6) is -2.48. The first-order valence-corrected chi connectivity index (χ1v) is 15.7. The van der Waals surface area contributed by atoms with Gasteiger partial charge in [0, 0.05) is 30.6 Å². The summed E-state index contributed by atoms with van der Waals surface area (Å²) in [7, 11) is 0. The van der Waals surface area contributed by atoms with Crippen molar-refractivity contribution in [2.24, 2.45) is 5.92 Å². The van der Waals surface area contributed by atoms with Crippen LogP contribution in [0.15, 0.2) is 48.5 Å². The van der Waals surface area contributed by atoms with Gasteiger partial charge >= 0.3 is 5.97 Å². The predicted molar refractivity (Wildman–Crippen MR) is 161 cm³/mol. The Morgan fingerprint density at radius 1 is 1.09 bits per heavy atom. The molecule has 2 fully saturated rings. The lowest BCUT2D eigenvalue weighted by molar-refractivity contribution is -0.0589. The summed E-state index contributed by atoms with van der Waals surface area (Å²) in [6, 6.07) is 11.5. The first-order valence-electron chi connectivity index (χ1n) is 14.9. The van der Waals surface area contributed by atoms with E-state index in [1.165, 1.54) is 18.2 Å². The number of aromatic nitrogens is 5. The molecule has 4 heterocycles. The number of hydrogen-bond donors (Lipinski definition) is 1. The van der Waals surface area contributed by atoms with E-state index in [0.29, 0.717) is 35.0 Å². The molecule has 0 spiro atoms. The van der Waals surface area contributed by atoms with Crippen LogP contribution in [0.4, 0.5) is 17.6 Å². The average molecular weight is 670 g/mol. The van der Waals surface area contributed by atoms with Gasteiger partial charge in [-0.05, 0) is 61.2 Å². The third kappa shape index (κ3) is 6.63. The lowest BCUT2D eigenvalue weighted by Crippen LogP contribution is -2.37. The van der Waals surface area contributed by atoms with Gasteiger partial charge in [0.05, 0.1) is 34.9 Å². The normalized spacial score (nSPS) is 19.0. The molecule has 0 bridgehead atoms. The Bertz CT molecular complexity index is 1940. The maximum atomic E-state index is 15.5. The summed E-state index contributed by atoms with van der Waals surface area (Å²) in [5, 5.41) is 18.1. The molecule has 7 rings (SSSR count). The van der Waals surface area contributed by atoms with Gasteiger partial charge < -0.3 is 23.9 Å². The monoisotopic (exact) mass is 669 g/mol. The number of pyridine rings is 1. The molecular formula is C32H27F4N5O5S. The molecule has 0 radical (unpaired) electrons. The number of aromatic carboxylic acids is 1. The van der Waals surface area contributed by atoms with Crippen LogP contribution < -0.4 is 9.47 Å². The van der Waals surface area contributed by atoms with Gasteiger partial charge in [0.2, 0.25) is 12.3 Å². The number of hydrogen-bond acceptors (Lipinski definition) is 9. The number of rotatable bonds is 12. The Kier molecular flexibility index (Phi) is 8.49. The van der Waals surface area contributed by atoms with Gasteiger partial charge in [0.1, 0.15) is 30.2 Å².